The number of carbonyl (C=O) groups excluding carboxylic acids is 1. The van der Waals surface area contributed by atoms with Crippen LogP contribution in [0.1, 0.15) is 12.0 Å². The van der Waals surface area contributed by atoms with Crippen LogP contribution in [-0.4, -0.2) is 28.3 Å². The Bertz CT molecular complexity index is 302. The second kappa shape index (κ2) is 5.97. The van der Waals surface area contributed by atoms with E-state index >= 15 is 0 Å². The predicted molar refractivity (Wildman–Crippen MR) is 71.2 cm³/mol. The van der Waals surface area contributed by atoms with Crippen molar-refractivity contribution in [2.75, 3.05) is 17.3 Å². The van der Waals surface area contributed by atoms with Crippen molar-refractivity contribution in [3.8, 4) is 0 Å². The van der Waals surface area contributed by atoms with Gasteiger partial charge in [-0.25, -0.2) is 0 Å². The molecule has 4 heteroatoms. The van der Waals surface area contributed by atoms with E-state index in [-0.39, 0.29) is 5.25 Å². The molecule has 0 radical (unpaired) electrons. The number of rotatable bonds is 4. The Morgan fingerprint density at radius 3 is 3.07 bits per heavy atom. The molecule has 0 spiro atoms. The summed E-state index contributed by atoms with van der Waals surface area (Å²) in [6.45, 7) is 0. The summed E-state index contributed by atoms with van der Waals surface area (Å²) in [6, 6.07) is 2.11. The fourth-order valence-electron chi connectivity index (χ4n) is 1.54. The van der Waals surface area contributed by atoms with Gasteiger partial charge in [-0.2, -0.15) is 23.1 Å². The first kappa shape index (κ1) is 11.6. The van der Waals surface area contributed by atoms with E-state index in [9.17, 15) is 4.79 Å². The van der Waals surface area contributed by atoms with E-state index in [0.717, 1.165) is 24.3 Å². The van der Waals surface area contributed by atoms with Crippen molar-refractivity contribution in [1.29, 1.82) is 0 Å². The molecule has 82 valence electrons. The lowest BCUT2D eigenvalue weighted by Crippen LogP contribution is -2.24. The Labute approximate surface area is 103 Å². The topological polar surface area (TPSA) is 17.1 Å². The van der Waals surface area contributed by atoms with Gasteiger partial charge in [-0.15, -0.1) is 11.8 Å². The number of hydrogen-bond acceptors (Lipinski definition) is 4. The first-order chi connectivity index (χ1) is 7.36. The number of Topliss-reactive ketones (excluding diaryl/α,β-unsaturated/α-hetero) is 1. The number of carbonyl (C=O) groups is 1. The predicted octanol–water partition coefficient (Wildman–Crippen LogP) is 3.10. The standard InChI is InChI=1S/C11H14OS3/c12-10(11-8-14-5-6-15-11)2-1-9-3-4-13-7-9/h3-4,7,11H,1-2,5-6,8H2. The zero-order valence-electron chi connectivity index (χ0n) is 8.48. The monoisotopic (exact) mass is 258 g/mol. The van der Waals surface area contributed by atoms with E-state index in [4.69, 9.17) is 0 Å². The van der Waals surface area contributed by atoms with Crippen LogP contribution in [0.5, 0.6) is 0 Å². The van der Waals surface area contributed by atoms with Gasteiger partial charge in [0.25, 0.3) is 0 Å². The number of thiophene rings is 1. The molecule has 1 aromatic rings. The largest absolute Gasteiger partial charge is 0.298 e. The Kier molecular flexibility index (Phi) is 4.60. The molecule has 1 fully saturated rings. The molecule has 1 atom stereocenters. The van der Waals surface area contributed by atoms with Gasteiger partial charge in [0.05, 0.1) is 5.25 Å². The van der Waals surface area contributed by atoms with Crippen molar-refractivity contribution in [3.63, 3.8) is 0 Å². The molecule has 0 bridgehead atoms. The summed E-state index contributed by atoms with van der Waals surface area (Å²) in [5, 5.41) is 4.48. The van der Waals surface area contributed by atoms with E-state index in [0.29, 0.717) is 5.78 Å². The van der Waals surface area contributed by atoms with Gasteiger partial charge in [-0.3, -0.25) is 4.79 Å². The van der Waals surface area contributed by atoms with E-state index in [1.807, 2.05) is 23.5 Å². The second-order valence-corrected chi connectivity index (χ2v) is 6.77. The highest BCUT2D eigenvalue weighted by atomic mass is 32.2. The normalized spacial score (nSPS) is 21.5. The summed E-state index contributed by atoms with van der Waals surface area (Å²) in [4.78, 5) is 11.9. The lowest BCUT2D eigenvalue weighted by atomic mass is 10.1. The molecule has 2 heterocycles. The molecule has 0 saturated carbocycles. The average molecular weight is 258 g/mol. The van der Waals surface area contributed by atoms with E-state index < -0.39 is 0 Å². The smallest absolute Gasteiger partial charge is 0.146 e. The van der Waals surface area contributed by atoms with Crippen LogP contribution in [0, 0.1) is 0 Å². The minimum atomic E-state index is 0.266. The van der Waals surface area contributed by atoms with Crippen LogP contribution in [0.25, 0.3) is 0 Å². The van der Waals surface area contributed by atoms with E-state index in [2.05, 4.69) is 16.8 Å². The Balaban J connectivity index is 1.76. The summed E-state index contributed by atoms with van der Waals surface area (Å²) in [7, 11) is 0. The minimum absolute atomic E-state index is 0.266. The first-order valence-electron chi connectivity index (χ1n) is 5.09. The van der Waals surface area contributed by atoms with Crippen molar-refractivity contribution in [2.24, 2.45) is 0 Å². The molecule has 2 rings (SSSR count). The maximum atomic E-state index is 11.9. The summed E-state index contributed by atoms with van der Waals surface area (Å²) in [5.41, 5.74) is 1.31. The minimum Gasteiger partial charge on any atom is -0.298 e. The highest BCUT2D eigenvalue weighted by Crippen LogP contribution is 2.25. The van der Waals surface area contributed by atoms with Crippen molar-refractivity contribution < 1.29 is 4.79 Å². The fraction of sp³-hybridized carbons (Fsp3) is 0.545. The molecular formula is C11H14OS3. The number of aryl methyl sites for hydroxylation is 1. The number of thioether (sulfide) groups is 2. The van der Waals surface area contributed by atoms with Gasteiger partial charge in [0.1, 0.15) is 5.78 Å². The zero-order chi connectivity index (χ0) is 10.5. The zero-order valence-corrected chi connectivity index (χ0v) is 10.9. The molecule has 1 saturated heterocycles. The van der Waals surface area contributed by atoms with Crippen molar-refractivity contribution >= 4 is 40.6 Å². The van der Waals surface area contributed by atoms with Gasteiger partial charge >= 0.3 is 0 Å². The maximum Gasteiger partial charge on any atom is 0.146 e. The summed E-state index contributed by atoms with van der Waals surface area (Å²) < 4.78 is 0. The van der Waals surface area contributed by atoms with Crippen LogP contribution < -0.4 is 0 Å². The summed E-state index contributed by atoms with van der Waals surface area (Å²) >= 11 is 5.46. The van der Waals surface area contributed by atoms with Crippen LogP contribution in [0.15, 0.2) is 16.8 Å². The number of ketones is 1. The SMILES string of the molecule is O=C(CCc1ccsc1)C1CSCCS1. The highest BCUT2D eigenvalue weighted by Gasteiger charge is 2.21. The molecule has 1 nitrogen and oxygen atoms in total. The highest BCUT2D eigenvalue weighted by molar-refractivity contribution is 8.07. The van der Waals surface area contributed by atoms with Crippen LogP contribution in [0.4, 0.5) is 0 Å². The van der Waals surface area contributed by atoms with Crippen LogP contribution >= 0.6 is 34.9 Å². The molecule has 0 N–H and O–H groups in total. The summed E-state index contributed by atoms with van der Waals surface area (Å²) in [5.74, 6) is 3.81. The quantitative estimate of drug-likeness (QED) is 0.826. The van der Waals surface area contributed by atoms with Crippen LogP contribution in [0.2, 0.25) is 0 Å². The van der Waals surface area contributed by atoms with Gasteiger partial charge in [-0.05, 0) is 28.8 Å². The molecule has 0 aliphatic carbocycles. The Hall–Kier alpha value is 0.0700. The third-order valence-electron chi connectivity index (χ3n) is 2.42. The molecular weight excluding hydrogens is 244 g/mol. The van der Waals surface area contributed by atoms with Gasteiger partial charge in [-0.1, -0.05) is 0 Å². The van der Waals surface area contributed by atoms with Gasteiger partial charge in [0, 0.05) is 23.7 Å². The lowest BCUT2D eigenvalue weighted by molar-refractivity contribution is -0.118. The van der Waals surface area contributed by atoms with Crippen LogP contribution in [0.3, 0.4) is 0 Å². The molecule has 1 aromatic heterocycles. The van der Waals surface area contributed by atoms with Crippen LogP contribution in [-0.2, 0) is 11.2 Å². The molecule has 0 amide bonds. The van der Waals surface area contributed by atoms with Crippen molar-refractivity contribution in [2.45, 2.75) is 18.1 Å². The first-order valence-corrected chi connectivity index (χ1v) is 8.24. The Morgan fingerprint density at radius 1 is 1.47 bits per heavy atom. The number of hydrogen-bond donors (Lipinski definition) is 0. The van der Waals surface area contributed by atoms with Gasteiger partial charge in [0.15, 0.2) is 0 Å². The Morgan fingerprint density at radius 2 is 2.40 bits per heavy atom. The third-order valence-corrected chi connectivity index (χ3v) is 5.95. The third kappa shape index (κ3) is 3.54. The van der Waals surface area contributed by atoms with E-state index in [1.165, 1.54) is 11.3 Å². The molecule has 0 aromatic carbocycles. The fourth-order valence-corrected chi connectivity index (χ4v) is 4.93. The second-order valence-electron chi connectivity index (χ2n) is 3.53. The maximum absolute atomic E-state index is 11.9. The van der Waals surface area contributed by atoms with Gasteiger partial charge < -0.3 is 0 Å². The average Bonchev–Trinajstić information content (AvgIpc) is 2.80. The van der Waals surface area contributed by atoms with Gasteiger partial charge in [0.2, 0.25) is 0 Å². The molecule has 1 unspecified atom stereocenters. The van der Waals surface area contributed by atoms with Crippen molar-refractivity contribution in [1.82, 2.24) is 0 Å². The molecule has 15 heavy (non-hydrogen) atoms. The van der Waals surface area contributed by atoms with E-state index in [1.54, 1.807) is 11.3 Å². The summed E-state index contributed by atoms with van der Waals surface area (Å²) in [6.07, 6.45) is 1.64. The van der Waals surface area contributed by atoms with Crippen molar-refractivity contribution in [3.05, 3.63) is 22.4 Å². The molecule has 1 aliphatic rings. The lowest BCUT2D eigenvalue weighted by Gasteiger charge is -2.19. The molecule has 1 aliphatic heterocycles.